The lowest BCUT2D eigenvalue weighted by Gasteiger charge is -2.28. The standard InChI is InChI=1S/C16H20N2/c1-4-8-13-9-7-12-16(17-2,18-3)15-11-6-5-10-14(13)15/h7,9,11,13-14H,4-6,8,10,12H2,1H3/t13-,14+/m1/s1. The first kappa shape index (κ1) is 12.9. The molecular weight excluding hydrogens is 220 g/mol. The summed E-state index contributed by atoms with van der Waals surface area (Å²) in [5.74, 6) is 0.965. The van der Waals surface area contributed by atoms with Crippen LogP contribution in [0.15, 0.2) is 23.8 Å². The third-order valence-electron chi connectivity index (χ3n) is 4.24. The van der Waals surface area contributed by atoms with Crippen molar-refractivity contribution in [1.29, 1.82) is 0 Å². The quantitative estimate of drug-likeness (QED) is 0.491. The molecule has 2 atom stereocenters. The molecule has 18 heavy (non-hydrogen) atoms. The number of hydrogen-bond donors (Lipinski definition) is 0. The molecule has 94 valence electrons. The van der Waals surface area contributed by atoms with Crippen molar-refractivity contribution in [2.75, 3.05) is 0 Å². The van der Waals surface area contributed by atoms with E-state index in [1.807, 2.05) is 0 Å². The van der Waals surface area contributed by atoms with Crippen LogP contribution in [0.2, 0.25) is 0 Å². The van der Waals surface area contributed by atoms with Gasteiger partial charge >= 0.3 is 5.66 Å². The van der Waals surface area contributed by atoms with E-state index in [0.29, 0.717) is 18.3 Å². The van der Waals surface area contributed by atoms with Gasteiger partial charge in [-0.15, -0.1) is 0 Å². The lowest BCUT2D eigenvalue weighted by atomic mass is 9.73. The van der Waals surface area contributed by atoms with E-state index in [0.717, 1.165) is 18.4 Å². The van der Waals surface area contributed by atoms with Gasteiger partial charge in [0.25, 0.3) is 0 Å². The van der Waals surface area contributed by atoms with Gasteiger partial charge < -0.3 is 0 Å². The van der Waals surface area contributed by atoms with Crippen LogP contribution in [0.5, 0.6) is 0 Å². The lowest BCUT2D eigenvalue weighted by molar-refractivity contribution is 0.359. The van der Waals surface area contributed by atoms with E-state index in [-0.39, 0.29) is 0 Å². The first-order chi connectivity index (χ1) is 8.77. The predicted molar refractivity (Wildman–Crippen MR) is 73.5 cm³/mol. The van der Waals surface area contributed by atoms with Gasteiger partial charge in [0, 0.05) is 5.92 Å². The molecule has 0 aliphatic heterocycles. The normalized spacial score (nSPS) is 29.4. The van der Waals surface area contributed by atoms with E-state index >= 15 is 0 Å². The molecule has 0 amide bonds. The summed E-state index contributed by atoms with van der Waals surface area (Å²) >= 11 is 0. The van der Waals surface area contributed by atoms with Crippen LogP contribution in [0, 0.1) is 25.0 Å². The van der Waals surface area contributed by atoms with Gasteiger partial charge in [-0.2, -0.15) is 0 Å². The number of allylic oxidation sites excluding steroid dienone is 2. The molecule has 0 aromatic heterocycles. The highest BCUT2D eigenvalue weighted by Crippen LogP contribution is 2.45. The summed E-state index contributed by atoms with van der Waals surface area (Å²) in [6, 6.07) is 0. The molecule has 0 heterocycles. The van der Waals surface area contributed by atoms with Gasteiger partial charge in [0.2, 0.25) is 0 Å². The van der Waals surface area contributed by atoms with E-state index in [1.165, 1.54) is 19.3 Å². The second kappa shape index (κ2) is 5.40. The van der Waals surface area contributed by atoms with Gasteiger partial charge in [-0.25, -0.2) is 22.8 Å². The average molecular weight is 240 g/mol. The Morgan fingerprint density at radius 1 is 1.39 bits per heavy atom. The molecule has 0 fully saturated rings. The van der Waals surface area contributed by atoms with Crippen LogP contribution in [0.1, 0.15) is 45.4 Å². The molecule has 2 heteroatoms. The number of hydrogen-bond acceptors (Lipinski definition) is 0. The lowest BCUT2D eigenvalue weighted by Crippen LogP contribution is -2.30. The maximum Gasteiger partial charge on any atom is 0.509 e. The summed E-state index contributed by atoms with van der Waals surface area (Å²) < 4.78 is 0. The predicted octanol–water partition coefficient (Wildman–Crippen LogP) is 4.62. The third-order valence-corrected chi connectivity index (χ3v) is 4.24. The molecule has 0 saturated carbocycles. The molecule has 2 aliphatic carbocycles. The largest absolute Gasteiger partial charge is 0.509 e. The Morgan fingerprint density at radius 2 is 2.17 bits per heavy atom. The van der Waals surface area contributed by atoms with Gasteiger partial charge in [0.05, 0.1) is 0 Å². The van der Waals surface area contributed by atoms with Crippen LogP contribution in [0.25, 0.3) is 9.69 Å². The van der Waals surface area contributed by atoms with Crippen molar-refractivity contribution < 1.29 is 0 Å². The van der Waals surface area contributed by atoms with Gasteiger partial charge in [-0.05, 0) is 31.6 Å². The van der Waals surface area contributed by atoms with Crippen LogP contribution >= 0.6 is 0 Å². The van der Waals surface area contributed by atoms with Crippen molar-refractivity contribution in [3.05, 3.63) is 46.6 Å². The van der Waals surface area contributed by atoms with Gasteiger partial charge in [-0.1, -0.05) is 31.6 Å². The fourth-order valence-electron chi connectivity index (χ4n) is 3.34. The second-order valence-corrected chi connectivity index (χ2v) is 5.32. The molecule has 0 bridgehead atoms. The van der Waals surface area contributed by atoms with Crippen LogP contribution in [-0.2, 0) is 0 Å². The van der Waals surface area contributed by atoms with E-state index in [2.05, 4.69) is 34.8 Å². The van der Waals surface area contributed by atoms with Crippen molar-refractivity contribution in [2.24, 2.45) is 11.8 Å². The molecule has 2 rings (SSSR count). The fraction of sp³-hybridized carbons (Fsp3) is 0.625. The summed E-state index contributed by atoms with van der Waals surface area (Å²) in [4.78, 5) is 7.43. The molecule has 0 spiro atoms. The molecule has 0 aromatic rings. The Labute approximate surface area is 110 Å². The van der Waals surface area contributed by atoms with E-state index in [1.54, 1.807) is 0 Å². The van der Waals surface area contributed by atoms with Crippen LogP contribution in [0.4, 0.5) is 0 Å². The zero-order valence-electron chi connectivity index (χ0n) is 11.0. The summed E-state index contributed by atoms with van der Waals surface area (Å²) in [7, 11) is 0. The summed E-state index contributed by atoms with van der Waals surface area (Å²) in [5, 5.41) is 0. The molecule has 0 unspecified atom stereocenters. The second-order valence-electron chi connectivity index (χ2n) is 5.32. The van der Waals surface area contributed by atoms with E-state index in [9.17, 15) is 0 Å². The smallest absolute Gasteiger partial charge is 0.226 e. The van der Waals surface area contributed by atoms with E-state index in [4.69, 9.17) is 13.1 Å². The highest BCUT2D eigenvalue weighted by Gasteiger charge is 2.52. The first-order valence-corrected chi connectivity index (χ1v) is 6.92. The molecule has 0 radical (unpaired) electrons. The fourth-order valence-corrected chi connectivity index (χ4v) is 3.34. The minimum Gasteiger partial charge on any atom is -0.226 e. The molecule has 2 aliphatic rings. The number of fused-ring (bicyclic) bond motifs is 1. The highest BCUT2D eigenvalue weighted by atomic mass is 15.0. The minimum absolute atomic E-state index is 0.431. The topological polar surface area (TPSA) is 8.72 Å². The molecule has 0 N–H and O–H groups in total. The Balaban J connectivity index is 2.42. The Morgan fingerprint density at radius 3 is 2.83 bits per heavy atom. The number of rotatable bonds is 2. The molecular formula is C16H20N2. The first-order valence-electron chi connectivity index (χ1n) is 6.92. The third kappa shape index (κ3) is 2.08. The van der Waals surface area contributed by atoms with Crippen molar-refractivity contribution in [3.63, 3.8) is 0 Å². The van der Waals surface area contributed by atoms with Crippen molar-refractivity contribution in [2.45, 2.75) is 51.1 Å². The molecule has 0 saturated heterocycles. The maximum absolute atomic E-state index is 7.47. The maximum atomic E-state index is 7.47. The van der Waals surface area contributed by atoms with Gasteiger partial charge in [0.15, 0.2) is 0 Å². The van der Waals surface area contributed by atoms with Gasteiger partial charge in [0.1, 0.15) is 12.0 Å². The Hall–Kier alpha value is -1.54. The van der Waals surface area contributed by atoms with Gasteiger partial charge in [-0.3, -0.25) is 0 Å². The van der Waals surface area contributed by atoms with Crippen LogP contribution in [-0.4, -0.2) is 5.66 Å². The zero-order valence-corrected chi connectivity index (χ0v) is 11.0. The summed E-state index contributed by atoms with van der Waals surface area (Å²) in [6.07, 6.45) is 12.8. The van der Waals surface area contributed by atoms with Crippen LogP contribution in [0.3, 0.4) is 0 Å². The molecule has 0 aromatic carbocycles. The average Bonchev–Trinajstić information content (AvgIpc) is 2.58. The minimum atomic E-state index is -0.927. The summed E-state index contributed by atoms with van der Waals surface area (Å²) in [6.45, 7) is 17.1. The van der Waals surface area contributed by atoms with Crippen molar-refractivity contribution in [3.8, 4) is 0 Å². The highest BCUT2D eigenvalue weighted by molar-refractivity contribution is 5.37. The Kier molecular flexibility index (Phi) is 3.87. The molecule has 2 nitrogen and oxygen atoms in total. The zero-order chi connectivity index (χ0) is 13.0. The van der Waals surface area contributed by atoms with E-state index < -0.39 is 5.66 Å². The van der Waals surface area contributed by atoms with Crippen LogP contribution < -0.4 is 0 Å². The monoisotopic (exact) mass is 240 g/mol. The van der Waals surface area contributed by atoms with Crippen molar-refractivity contribution in [1.82, 2.24) is 0 Å². The Bertz CT molecular complexity index is 431. The SMILES string of the molecule is [C-]#[N+]C1([N+]#[C-])CC=C[C@@H](CCC)[C@@H]2CCCC=C21. The summed E-state index contributed by atoms with van der Waals surface area (Å²) in [5.41, 5.74) is 0.201. The van der Waals surface area contributed by atoms with Crippen molar-refractivity contribution >= 4 is 0 Å². The number of nitrogens with zero attached hydrogens (tertiary/aromatic N) is 2.